The third kappa shape index (κ3) is 2.67. The predicted octanol–water partition coefficient (Wildman–Crippen LogP) is 3.15. The van der Waals surface area contributed by atoms with E-state index in [-0.39, 0.29) is 12.1 Å². The Bertz CT molecular complexity index is 541. The SMILES string of the molecule is Cc1[nH]c2ccc(OC(C)C)cc2c1CC(C)N. The number of aromatic nitrogens is 1. The number of fused-ring (bicyclic) bond motifs is 1. The van der Waals surface area contributed by atoms with Gasteiger partial charge in [-0.05, 0) is 57.9 Å². The first kappa shape index (κ1) is 13.0. The van der Waals surface area contributed by atoms with Gasteiger partial charge in [-0.15, -0.1) is 0 Å². The van der Waals surface area contributed by atoms with Crippen LogP contribution in [0, 0.1) is 6.92 Å². The quantitative estimate of drug-likeness (QED) is 0.870. The number of ether oxygens (including phenoxy) is 1. The molecule has 1 unspecified atom stereocenters. The smallest absolute Gasteiger partial charge is 0.120 e. The van der Waals surface area contributed by atoms with Gasteiger partial charge in [0.25, 0.3) is 0 Å². The number of H-pyrrole nitrogens is 1. The van der Waals surface area contributed by atoms with Gasteiger partial charge in [-0.1, -0.05) is 0 Å². The summed E-state index contributed by atoms with van der Waals surface area (Å²) in [5.41, 5.74) is 9.57. The van der Waals surface area contributed by atoms with Gasteiger partial charge in [-0.25, -0.2) is 0 Å². The number of aryl methyl sites for hydroxylation is 1. The highest BCUT2D eigenvalue weighted by molar-refractivity contribution is 5.86. The second kappa shape index (κ2) is 5.02. The lowest BCUT2D eigenvalue weighted by atomic mass is 10.0. The average Bonchev–Trinajstić information content (AvgIpc) is 2.54. The molecule has 98 valence electrons. The van der Waals surface area contributed by atoms with E-state index in [0.29, 0.717) is 0 Å². The molecule has 0 aliphatic carbocycles. The van der Waals surface area contributed by atoms with Crippen molar-refractivity contribution in [2.45, 2.75) is 46.3 Å². The summed E-state index contributed by atoms with van der Waals surface area (Å²) in [6.45, 7) is 8.21. The van der Waals surface area contributed by atoms with Crippen molar-refractivity contribution in [3.63, 3.8) is 0 Å². The van der Waals surface area contributed by atoms with Crippen molar-refractivity contribution >= 4 is 10.9 Å². The highest BCUT2D eigenvalue weighted by atomic mass is 16.5. The number of aromatic amines is 1. The maximum Gasteiger partial charge on any atom is 0.120 e. The van der Waals surface area contributed by atoms with Crippen LogP contribution in [0.2, 0.25) is 0 Å². The van der Waals surface area contributed by atoms with Gasteiger partial charge in [-0.2, -0.15) is 0 Å². The van der Waals surface area contributed by atoms with Crippen LogP contribution in [0.4, 0.5) is 0 Å². The minimum Gasteiger partial charge on any atom is -0.491 e. The maximum absolute atomic E-state index is 5.92. The van der Waals surface area contributed by atoms with E-state index in [2.05, 4.69) is 24.0 Å². The van der Waals surface area contributed by atoms with Crippen LogP contribution in [-0.2, 0) is 6.42 Å². The fourth-order valence-electron chi connectivity index (χ4n) is 2.29. The molecule has 0 amide bonds. The second-order valence-corrected chi connectivity index (χ2v) is 5.28. The highest BCUT2D eigenvalue weighted by Gasteiger charge is 2.11. The Morgan fingerprint density at radius 1 is 1.28 bits per heavy atom. The summed E-state index contributed by atoms with van der Waals surface area (Å²) in [5.74, 6) is 0.919. The van der Waals surface area contributed by atoms with Crippen LogP contribution in [0.1, 0.15) is 32.0 Å². The van der Waals surface area contributed by atoms with E-state index < -0.39 is 0 Å². The maximum atomic E-state index is 5.92. The minimum absolute atomic E-state index is 0.164. The summed E-state index contributed by atoms with van der Waals surface area (Å²) in [7, 11) is 0. The second-order valence-electron chi connectivity index (χ2n) is 5.28. The molecular weight excluding hydrogens is 224 g/mol. The van der Waals surface area contributed by atoms with Crippen molar-refractivity contribution in [3.05, 3.63) is 29.5 Å². The first-order valence-electron chi connectivity index (χ1n) is 6.51. The Balaban J connectivity index is 2.45. The summed E-state index contributed by atoms with van der Waals surface area (Å²) in [4.78, 5) is 3.40. The van der Waals surface area contributed by atoms with Gasteiger partial charge < -0.3 is 15.5 Å². The standard InChI is InChI=1S/C15H22N2O/c1-9(2)18-12-5-6-15-14(8-12)13(7-10(3)16)11(4)17-15/h5-6,8-10,17H,7,16H2,1-4H3. The lowest BCUT2D eigenvalue weighted by Crippen LogP contribution is -2.18. The first-order valence-corrected chi connectivity index (χ1v) is 6.51. The number of nitrogens with two attached hydrogens (primary N) is 1. The first-order chi connectivity index (χ1) is 8.47. The van der Waals surface area contributed by atoms with Crippen molar-refractivity contribution in [1.29, 1.82) is 0 Å². The van der Waals surface area contributed by atoms with Gasteiger partial charge in [0.05, 0.1) is 6.10 Å². The summed E-state index contributed by atoms with van der Waals surface area (Å²) < 4.78 is 5.75. The molecule has 0 saturated carbocycles. The molecule has 1 aromatic heterocycles. The Morgan fingerprint density at radius 2 is 2.00 bits per heavy atom. The number of hydrogen-bond acceptors (Lipinski definition) is 2. The topological polar surface area (TPSA) is 51.0 Å². The van der Waals surface area contributed by atoms with Crippen LogP contribution in [0.25, 0.3) is 10.9 Å². The molecule has 0 spiro atoms. The molecule has 1 atom stereocenters. The van der Waals surface area contributed by atoms with Crippen LogP contribution in [0.3, 0.4) is 0 Å². The van der Waals surface area contributed by atoms with E-state index in [9.17, 15) is 0 Å². The molecule has 2 rings (SSSR count). The van der Waals surface area contributed by atoms with Crippen molar-refractivity contribution in [2.75, 3.05) is 0 Å². The molecule has 3 heteroatoms. The molecule has 0 saturated heterocycles. The summed E-state index contributed by atoms with van der Waals surface area (Å²) in [6, 6.07) is 6.35. The summed E-state index contributed by atoms with van der Waals surface area (Å²) in [6.07, 6.45) is 1.08. The molecule has 3 nitrogen and oxygen atoms in total. The van der Waals surface area contributed by atoms with Gasteiger partial charge in [0.1, 0.15) is 5.75 Å². The average molecular weight is 246 g/mol. The fraction of sp³-hybridized carbons (Fsp3) is 0.467. The number of rotatable bonds is 4. The number of nitrogens with one attached hydrogen (secondary N) is 1. The Labute approximate surface area is 108 Å². The van der Waals surface area contributed by atoms with E-state index in [4.69, 9.17) is 10.5 Å². The molecule has 0 bridgehead atoms. The Kier molecular flexibility index (Phi) is 3.62. The molecule has 3 N–H and O–H groups in total. The van der Waals surface area contributed by atoms with Crippen LogP contribution in [0.15, 0.2) is 18.2 Å². The molecule has 0 radical (unpaired) electrons. The van der Waals surface area contributed by atoms with E-state index in [1.165, 1.54) is 16.6 Å². The predicted molar refractivity (Wildman–Crippen MR) is 76.2 cm³/mol. The van der Waals surface area contributed by atoms with Crippen molar-refractivity contribution in [1.82, 2.24) is 4.98 Å². The van der Waals surface area contributed by atoms with E-state index >= 15 is 0 Å². The van der Waals surface area contributed by atoms with Gasteiger partial charge in [0.15, 0.2) is 0 Å². The third-order valence-electron chi connectivity index (χ3n) is 2.99. The van der Waals surface area contributed by atoms with Crippen LogP contribution in [0.5, 0.6) is 5.75 Å². The van der Waals surface area contributed by atoms with Gasteiger partial charge >= 0.3 is 0 Å². The van der Waals surface area contributed by atoms with Gasteiger partial charge in [-0.3, -0.25) is 0 Å². The van der Waals surface area contributed by atoms with Crippen LogP contribution < -0.4 is 10.5 Å². The zero-order chi connectivity index (χ0) is 13.3. The lowest BCUT2D eigenvalue weighted by molar-refractivity contribution is 0.243. The lowest BCUT2D eigenvalue weighted by Gasteiger charge is -2.10. The number of hydrogen-bond donors (Lipinski definition) is 2. The van der Waals surface area contributed by atoms with Crippen molar-refractivity contribution in [2.24, 2.45) is 5.73 Å². The highest BCUT2D eigenvalue weighted by Crippen LogP contribution is 2.27. The molecule has 18 heavy (non-hydrogen) atoms. The Hall–Kier alpha value is -1.48. The molecule has 0 aliphatic heterocycles. The molecule has 2 aromatic rings. The minimum atomic E-state index is 0.164. The number of benzene rings is 1. The monoisotopic (exact) mass is 246 g/mol. The van der Waals surface area contributed by atoms with Crippen molar-refractivity contribution < 1.29 is 4.74 Å². The molecule has 0 fully saturated rings. The largest absolute Gasteiger partial charge is 0.491 e. The van der Waals surface area contributed by atoms with Gasteiger partial charge in [0, 0.05) is 22.6 Å². The van der Waals surface area contributed by atoms with E-state index in [1.807, 2.05) is 26.8 Å². The molecular formula is C15H22N2O. The molecule has 0 aliphatic rings. The van der Waals surface area contributed by atoms with E-state index in [1.54, 1.807) is 0 Å². The normalized spacial score (nSPS) is 13.2. The zero-order valence-corrected chi connectivity index (χ0v) is 11.6. The summed E-state index contributed by atoms with van der Waals surface area (Å²) >= 11 is 0. The summed E-state index contributed by atoms with van der Waals surface area (Å²) in [5, 5.41) is 1.22. The molecule has 1 heterocycles. The molecule has 1 aromatic carbocycles. The Morgan fingerprint density at radius 3 is 2.61 bits per heavy atom. The van der Waals surface area contributed by atoms with Crippen molar-refractivity contribution in [3.8, 4) is 5.75 Å². The van der Waals surface area contributed by atoms with E-state index in [0.717, 1.165) is 17.7 Å². The zero-order valence-electron chi connectivity index (χ0n) is 11.6. The van der Waals surface area contributed by atoms with Crippen LogP contribution >= 0.6 is 0 Å². The third-order valence-corrected chi connectivity index (χ3v) is 2.99. The van der Waals surface area contributed by atoms with Crippen LogP contribution in [-0.4, -0.2) is 17.1 Å². The van der Waals surface area contributed by atoms with Gasteiger partial charge in [0.2, 0.25) is 0 Å². The fourth-order valence-corrected chi connectivity index (χ4v) is 2.29.